The van der Waals surface area contributed by atoms with Crippen molar-refractivity contribution in [3.05, 3.63) is 81.0 Å². The SMILES string of the molecule is CC[C@@H](c1ccccc1)n1c(=O)n2n(c1=O)[C@H]1[C@H](O)[C@H]3O[C@@H]3/C(=N/OC[C@@H](O)COCc3ccco3)[C@@H]1CC2. The van der Waals surface area contributed by atoms with Gasteiger partial charge in [-0.3, -0.25) is 0 Å². The molecule has 2 aromatic heterocycles. The fourth-order valence-electron chi connectivity index (χ4n) is 5.90. The minimum Gasteiger partial charge on any atom is -0.467 e. The number of ether oxygens (including phenoxy) is 2. The first-order chi connectivity index (χ1) is 19.0. The zero-order chi connectivity index (χ0) is 27.1. The quantitative estimate of drug-likeness (QED) is 0.287. The molecule has 1 aliphatic carbocycles. The second kappa shape index (κ2) is 10.6. The van der Waals surface area contributed by atoms with Gasteiger partial charge in [-0.05, 0) is 30.5 Å². The molecule has 6 rings (SSSR count). The molecule has 0 spiro atoms. The van der Waals surface area contributed by atoms with Crippen molar-refractivity contribution in [1.29, 1.82) is 0 Å². The Bertz CT molecular complexity index is 1430. The normalized spacial score (nSPS) is 27.9. The maximum atomic E-state index is 13.8. The number of hydrogen-bond acceptors (Lipinski definition) is 9. The highest BCUT2D eigenvalue weighted by atomic mass is 16.6. The van der Waals surface area contributed by atoms with Gasteiger partial charge < -0.3 is 28.9 Å². The van der Waals surface area contributed by atoms with Crippen LogP contribution < -0.4 is 11.4 Å². The highest BCUT2D eigenvalue weighted by Crippen LogP contribution is 2.46. The molecule has 2 N–H and O–H groups in total. The van der Waals surface area contributed by atoms with E-state index < -0.39 is 47.9 Å². The molecule has 7 atom stereocenters. The standard InChI is InChI=1S/C27H32N4O8/c1-2-20(16-7-4-3-5-8-16)30-26(34)29-11-10-19-21(24-25(39-24)23(33)22(19)31(29)27(30)35)28-38-14-17(32)13-36-15-18-9-6-12-37-18/h3-9,12,17,19-20,22-25,32-33H,2,10-11,13-15H2,1H3/b28-21+/t17-,19-,20-,22+,23-,24+,25+/m0/s1. The summed E-state index contributed by atoms with van der Waals surface area (Å²) in [6.07, 6.45) is -0.258. The second-order valence-electron chi connectivity index (χ2n) is 10.2. The van der Waals surface area contributed by atoms with Gasteiger partial charge in [-0.1, -0.05) is 42.4 Å². The molecule has 12 nitrogen and oxygen atoms in total. The van der Waals surface area contributed by atoms with E-state index in [2.05, 4.69) is 5.16 Å². The Hall–Kier alpha value is -3.45. The summed E-state index contributed by atoms with van der Waals surface area (Å²) in [5, 5.41) is 25.6. The van der Waals surface area contributed by atoms with E-state index in [0.29, 0.717) is 30.9 Å². The van der Waals surface area contributed by atoms with E-state index in [1.807, 2.05) is 37.3 Å². The van der Waals surface area contributed by atoms with Crippen molar-refractivity contribution in [2.75, 3.05) is 13.2 Å². The molecular weight excluding hydrogens is 508 g/mol. The van der Waals surface area contributed by atoms with E-state index in [9.17, 15) is 19.8 Å². The lowest BCUT2D eigenvalue weighted by atomic mass is 9.78. The molecule has 1 saturated carbocycles. The van der Waals surface area contributed by atoms with Crippen molar-refractivity contribution >= 4 is 5.71 Å². The van der Waals surface area contributed by atoms with Crippen LogP contribution in [-0.4, -0.2) is 67.5 Å². The largest absolute Gasteiger partial charge is 0.467 e. The number of aliphatic hydroxyl groups is 2. The molecule has 0 bridgehead atoms. The summed E-state index contributed by atoms with van der Waals surface area (Å²) in [6.45, 7) is 2.39. The van der Waals surface area contributed by atoms with Gasteiger partial charge in [0.1, 0.15) is 43.4 Å². The van der Waals surface area contributed by atoms with E-state index in [1.165, 1.54) is 13.9 Å². The van der Waals surface area contributed by atoms with Crippen LogP contribution in [0.1, 0.15) is 43.2 Å². The van der Waals surface area contributed by atoms with Gasteiger partial charge in [-0.25, -0.2) is 23.5 Å². The van der Waals surface area contributed by atoms with Gasteiger partial charge in [0.15, 0.2) is 0 Å². The van der Waals surface area contributed by atoms with Crippen molar-refractivity contribution in [2.45, 2.75) is 69.4 Å². The molecule has 2 aliphatic heterocycles. The van der Waals surface area contributed by atoms with Crippen LogP contribution in [0.5, 0.6) is 0 Å². The Labute approximate surface area is 223 Å². The third kappa shape index (κ3) is 4.67. The molecule has 3 aliphatic rings. The molecule has 12 heteroatoms. The molecule has 0 radical (unpaired) electrons. The summed E-state index contributed by atoms with van der Waals surface area (Å²) in [6, 6.07) is 11.9. The highest BCUT2D eigenvalue weighted by molar-refractivity contribution is 5.94. The minimum absolute atomic E-state index is 0.0358. The fraction of sp³-hybridized carbons (Fsp3) is 0.519. The van der Waals surface area contributed by atoms with Gasteiger partial charge >= 0.3 is 11.4 Å². The average molecular weight is 541 g/mol. The van der Waals surface area contributed by atoms with Crippen molar-refractivity contribution < 1.29 is 28.9 Å². The van der Waals surface area contributed by atoms with Crippen LogP contribution in [0.3, 0.4) is 0 Å². The summed E-state index contributed by atoms with van der Waals surface area (Å²) in [4.78, 5) is 32.7. The van der Waals surface area contributed by atoms with Crippen molar-refractivity contribution in [1.82, 2.24) is 13.9 Å². The van der Waals surface area contributed by atoms with Crippen LogP contribution in [0, 0.1) is 5.92 Å². The van der Waals surface area contributed by atoms with Crippen LogP contribution in [-0.2, 0) is 27.5 Å². The van der Waals surface area contributed by atoms with Gasteiger partial charge in [0.2, 0.25) is 0 Å². The maximum Gasteiger partial charge on any atom is 0.348 e. The van der Waals surface area contributed by atoms with E-state index in [4.69, 9.17) is 18.7 Å². The zero-order valence-corrected chi connectivity index (χ0v) is 21.5. The summed E-state index contributed by atoms with van der Waals surface area (Å²) in [7, 11) is 0. The highest BCUT2D eigenvalue weighted by Gasteiger charge is 2.61. The van der Waals surface area contributed by atoms with Crippen LogP contribution in [0.15, 0.2) is 67.9 Å². The Morgan fingerprint density at radius 3 is 2.69 bits per heavy atom. The number of nitrogens with zero attached hydrogens (tertiary/aromatic N) is 4. The monoisotopic (exact) mass is 540 g/mol. The Kier molecular flexibility index (Phi) is 7.02. The number of oxime groups is 1. The smallest absolute Gasteiger partial charge is 0.348 e. The number of fused-ring (bicyclic) bond motifs is 4. The first-order valence-corrected chi connectivity index (χ1v) is 13.3. The fourth-order valence-corrected chi connectivity index (χ4v) is 5.90. The lowest BCUT2D eigenvalue weighted by Crippen LogP contribution is -2.53. The molecule has 2 fully saturated rings. The summed E-state index contributed by atoms with van der Waals surface area (Å²) >= 11 is 0. The Balaban J connectivity index is 1.21. The number of hydrogen-bond donors (Lipinski definition) is 2. The minimum atomic E-state index is -0.976. The van der Waals surface area contributed by atoms with Gasteiger partial charge in [-0.15, -0.1) is 0 Å². The third-order valence-electron chi connectivity index (χ3n) is 7.77. The van der Waals surface area contributed by atoms with Crippen molar-refractivity contribution in [3.63, 3.8) is 0 Å². The molecule has 39 heavy (non-hydrogen) atoms. The van der Waals surface area contributed by atoms with Gasteiger partial charge in [-0.2, -0.15) is 0 Å². The molecule has 1 saturated heterocycles. The van der Waals surface area contributed by atoms with Crippen LogP contribution in [0.2, 0.25) is 0 Å². The Morgan fingerprint density at radius 1 is 1.13 bits per heavy atom. The van der Waals surface area contributed by atoms with Crippen molar-refractivity contribution in [3.8, 4) is 0 Å². The summed E-state index contributed by atoms with van der Waals surface area (Å²) in [5.41, 5.74) is 0.587. The first kappa shape index (κ1) is 25.8. The van der Waals surface area contributed by atoms with Crippen LogP contribution in [0.4, 0.5) is 0 Å². The lowest BCUT2D eigenvalue weighted by molar-refractivity contribution is -0.0264. The molecule has 0 amide bonds. The predicted molar refractivity (Wildman–Crippen MR) is 137 cm³/mol. The maximum absolute atomic E-state index is 13.8. The Morgan fingerprint density at radius 2 is 1.95 bits per heavy atom. The van der Waals surface area contributed by atoms with Crippen LogP contribution >= 0.6 is 0 Å². The number of epoxide rings is 1. The van der Waals surface area contributed by atoms with Gasteiger partial charge in [0.05, 0.1) is 30.7 Å². The third-order valence-corrected chi connectivity index (χ3v) is 7.77. The molecule has 3 aromatic rings. The molecule has 208 valence electrons. The average Bonchev–Trinajstić information content (AvgIpc) is 3.51. The van der Waals surface area contributed by atoms with E-state index in [1.54, 1.807) is 18.4 Å². The van der Waals surface area contributed by atoms with Crippen molar-refractivity contribution in [2.24, 2.45) is 11.1 Å². The lowest BCUT2D eigenvalue weighted by Gasteiger charge is -2.38. The van der Waals surface area contributed by atoms with E-state index in [0.717, 1.165) is 5.56 Å². The van der Waals surface area contributed by atoms with Gasteiger partial charge in [0, 0.05) is 12.5 Å². The second-order valence-corrected chi connectivity index (χ2v) is 10.2. The van der Waals surface area contributed by atoms with Gasteiger partial charge in [0.25, 0.3) is 0 Å². The topological polar surface area (TPSA) is 146 Å². The number of furan rings is 1. The molecular formula is C27H32N4O8. The number of aliphatic hydroxyl groups excluding tert-OH is 2. The first-order valence-electron chi connectivity index (χ1n) is 13.3. The molecule has 0 unspecified atom stereocenters. The number of aromatic nitrogens is 3. The van der Waals surface area contributed by atoms with Crippen LogP contribution in [0.25, 0.3) is 0 Å². The molecule has 1 aromatic carbocycles. The molecule has 4 heterocycles. The summed E-state index contributed by atoms with van der Waals surface area (Å²) < 4.78 is 20.5. The zero-order valence-electron chi connectivity index (χ0n) is 21.5. The number of benzene rings is 1. The predicted octanol–water partition coefficient (Wildman–Crippen LogP) is 1.06. The summed E-state index contributed by atoms with van der Waals surface area (Å²) in [5.74, 6) is 0.293. The van der Waals surface area contributed by atoms with E-state index >= 15 is 0 Å². The van der Waals surface area contributed by atoms with E-state index in [-0.39, 0.29) is 25.7 Å². The number of rotatable bonds is 10.